The molecule has 0 spiro atoms. The Morgan fingerprint density at radius 3 is 2.51 bits per heavy atom. The lowest BCUT2D eigenvalue weighted by Crippen LogP contribution is -2.40. The maximum absolute atomic E-state index is 13.1. The van der Waals surface area contributed by atoms with Crippen molar-refractivity contribution in [3.63, 3.8) is 0 Å². The van der Waals surface area contributed by atoms with Gasteiger partial charge in [0.25, 0.3) is 11.8 Å². The van der Waals surface area contributed by atoms with E-state index in [9.17, 15) is 22.8 Å². The molecule has 0 unspecified atom stereocenters. The van der Waals surface area contributed by atoms with Gasteiger partial charge in [-0.3, -0.25) is 19.6 Å². The van der Waals surface area contributed by atoms with Crippen molar-refractivity contribution in [2.45, 2.75) is 46.0 Å². The summed E-state index contributed by atoms with van der Waals surface area (Å²) in [6.45, 7) is 6.65. The molecule has 2 aromatic heterocycles. The van der Waals surface area contributed by atoms with Crippen LogP contribution in [0.3, 0.4) is 0 Å². The Labute approximate surface area is 201 Å². The largest absolute Gasteiger partial charge is 0.407 e. The lowest BCUT2D eigenvalue weighted by atomic mass is 10.0. The van der Waals surface area contributed by atoms with Crippen LogP contribution in [0.25, 0.3) is 11.3 Å². The molecule has 0 fully saturated rings. The van der Waals surface area contributed by atoms with Crippen LogP contribution in [-0.2, 0) is 6.54 Å². The average Bonchev–Trinajstić information content (AvgIpc) is 3.25. The van der Waals surface area contributed by atoms with Crippen LogP contribution in [-0.4, -0.2) is 68.6 Å². The van der Waals surface area contributed by atoms with E-state index < -0.39 is 18.3 Å². The lowest BCUT2D eigenvalue weighted by molar-refractivity contribution is -0.161. The number of aryl methyl sites for hydroxylation is 1. The van der Waals surface area contributed by atoms with Crippen molar-refractivity contribution < 1.29 is 22.8 Å². The number of halogens is 3. The van der Waals surface area contributed by atoms with Crippen molar-refractivity contribution in [2.75, 3.05) is 20.1 Å². The summed E-state index contributed by atoms with van der Waals surface area (Å²) < 4.78 is 38.6. The third-order valence-electron chi connectivity index (χ3n) is 5.66. The van der Waals surface area contributed by atoms with Gasteiger partial charge in [-0.2, -0.15) is 13.2 Å². The van der Waals surface area contributed by atoms with Crippen LogP contribution in [0, 0.1) is 6.92 Å². The zero-order chi connectivity index (χ0) is 25.7. The third kappa shape index (κ3) is 5.29. The van der Waals surface area contributed by atoms with E-state index in [4.69, 9.17) is 0 Å². The summed E-state index contributed by atoms with van der Waals surface area (Å²) in [6, 6.07) is 3.45. The van der Waals surface area contributed by atoms with Gasteiger partial charge in [0.1, 0.15) is 6.54 Å². The van der Waals surface area contributed by atoms with Crippen molar-refractivity contribution >= 4 is 11.8 Å². The molecule has 2 aliphatic heterocycles. The van der Waals surface area contributed by atoms with E-state index in [1.54, 1.807) is 32.3 Å². The van der Waals surface area contributed by atoms with Gasteiger partial charge in [-0.15, -0.1) is 0 Å². The lowest BCUT2D eigenvalue weighted by Gasteiger charge is -2.25. The van der Waals surface area contributed by atoms with Crippen LogP contribution in [0.4, 0.5) is 13.2 Å². The molecule has 0 saturated heterocycles. The first-order chi connectivity index (χ1) is 16.2. The Hall–Kier alpha value is -3.47. The molecule has 2 aromatic rings. The van der Waals surface area contributed by atoms with Gasteiger partial charge in [0.05, 0.1) is 41.3 Å². The minimum absolute atomic E-state index is 0.153. The smallest absolute Gasteiger partial charge is 0.347 e. The Morgan fingerprint density at radius 1 is 1.14 bits per heavy atom. The van der Waals surface area contributed by atoms with Crippen LogP contribution in [0.5, 0.6) is 0 Å². The number of hydrogen-bond acceptors (Lipinski definition) is 6. The summed E-state index contributed by atoms with van der Waals surface area (Å²) in [5, 5.41) is 5.37. The molecule has 0 bridgehead atoms. The van der Waals surface area contributed by atoms with Crippen molar-refractivity contribution in [3.8, 4) is 11.3 Å². The number of carbonyl (C=O) groups excluding carboxylic acids is 2. The molecular weight excluding hydrogens is 461 g/mol. The zero-order valence-corrected chi connectivity index (χ0v) is 20.2. The maximum atomic E-state index is 13.1. The molecule has 8 nitrogen and oxygen atoms in total. The van der Waals surface area contributed by atoms with Crippen molar-refractivity contribution in [1.29, 1.82) is 0 Å². The van der Waals surface area contributed by atoms with Gasteiger partial charge in [-0.05, 0) is 45.4 Å². The van der Waals surface area contributed by atoms with Gasteiger partial charge in [0.2, 0.25) is 0 Å². The monoisotopic (exact) mass is 488 g/mol. The molecule has 0 radical (unpaired) electrons. The summed E-state index contributed by atoms with van der Waals surface area (Å²) in [5.41, 5.74) is 3.32. The Bertz CT molecular complexity index is 1220. The predicted octanol–water partition coefficient (Wildman–Crippen LogP) is 3.50. The molecule has 0 saturated carbocycles. The standard InChI is InChI=1S/C24H27F3N6O2/c1-14-6-18(15-7-16(9-28-8-15)21(34)30-23(2,3)4)29-19-12-33(22(35)20(14)19)17-10-31(5)32(11-17)13-24(25,26)27/h6-9,11H,10,12-13H2,1-5H3,(H,30,34). The molecule has 4 heterocycles. The molecule has 1 N–H and O–H groups in total. The number of likely N-dealkylation sites (N-methyl/N-ethyl adjacent to an activating group) is 1. The minimum Gasteiger partial charge on any atom is -0.347 e. The molecule has 0 aromatic carbocycles. The van der Waals surface area contributed by atoms with Crippen LogP contribution in [0.1, 0.15) is 52.7 Å². The molecular formula is C24H27F3N6O2. The zero-order valence-electron chi connectivity index (χ0n) is 20.2. The fourth-order valence-corrected chi connectivity index (χ4v) is 4.14. The molecule has 4 rings (SSSR count). The first-order valence-electron chi connectivity index (χ1n) is 11.1. The minimum atomic E-state index is -4.36. The van der Waals surface area contributed by atoms with Crippen molar-refractivity contribution in [2.24, 2.45) is 0 Å². The molecule has 35 heavy (non-hydrogen) atoms. The number of pyridine rings is 2. The number of amides is 2. The summed E-state index contributed by atoms with van der Waals surface area (Å²) >= 11 is 0. The van der Waals surface area contributed by atoms with Crippen LogP contribution in [0.2, 0.25) is 0 Å². The Balaban J connectivity index is 1.60. The second-order valence-electron chi connectivity index (χ2n) is 9.85. The highest BCUT2D eigenvalue weighted by atomic mass is 19.4. The number of nitrogens with one attached hydrogen (secondary N) is 1. The maximum Gasteiger partial charge on any atom is 0.407 e. The fourth-order valence-electron chi connectivity index (χ4n) is 4.14. The van der Waals surface area contributed by atoms with E-state index in [0.717, 1.165) is 5.01 Å². The summed E-state index contributed by atoms with van der Waals surface area (Å²) in [4.78, 5) is 36.0. The predicted molar refractivity (Wildman–Crippen MR) is 123 cm³/mol. The highest BCUT2D eigenvalue weighted by molar-refractivity contribution is 6.01. The Kier molecular flexibility index (Phi) is 6.08. The number of carbonyl (C=O) groups is 2. The van der Waals surface area contributed by atoms with E-state index >= 15 is 0 Å². The van der Waals surface area contributed by atoms with Gasteiger partial charge >= 0.3 is 6.18 Å². The van der Waals surface area contributed by atoms with Gasteiger partial charge in [0, 0.05) is 36.7 Å². The second-order valence-corrected chi connectivity index (χ2v) is 9.85. The van der Waals surface area contributed by atoms with Gasteiger partial charge in [0.15, 0.2) is 0 Å². The average molecular weight is 489 g/mol. The first kappa shape index (κ1) is 24.6. The van der Waals surface area contributed by atoms with Gasteiger partial charge in [-0.25, -0.2) is 5.01 Å². The van der Waals surface area contributed by atoms with Crippen molar-refractivity contribution in [1.82, 2.24) is 30.2 Å². The Morgan fingerprint density at radius 2 is 1.86 bits per heavy atom. The number of fused-ring (bicyclic) bond motifs is 1. The fraction of sp³-hybridized carbons (Fsp3) is 0.417. The molecule has 2 amide bonds. The summed E-state index contributed by atoms with van der Waals surface area (Å²) in [7, 11) is 1.54. The first-order valence-corrected chi connectivity index (χ1v) is 11.1. The molecule has 2 aliphatic rings. The number of hydrogen-bond donors (Lipinski definition) is 1. The summed E-state index contributed by atoms with van der Waals surface area (Å²) in [6.07, 6.45) is 0.0677. The van der Waals surface area contributed by atoms with E-state index in [1.165, 1.54) is 22.3 Å². The molecule has 186 valence electrons. The van der Waals surface area contributed by atoms with Crippen LogP contribution < -0.4 is 5.32 Å². The number of alkyl halides is 3. The van der Waals surface area contributed by atoms with Crippen molar-refractivity contribution in [3.05, 3.63) is 58.8 Å². The normalized spacial score (nSPS) is 16.6. The number of hydrazine groups is 1. The molecule has 0 atom stereocenters. The third-order valence-corrected chi connectivity index (χ3v) is 5.66. The highest BCUT2D eigenvalue weighted by Crippen LogP contribution is 2.33. The highest BCUT2D eigenvalue weighted by Gasteiger charge is 2.38. The second kappa shape index (κ2) is 8.63. The van der Waals surface area contributed by atoms with E-state index in [1.807, 2.05) is 20.8 Å². The number of aromatic nitrogens is 2. The van der Waals surface area contributed by atoms with E-state index in [2.05, 4.69) is 15.3 Å². The molecule has 11 heteroatoms. The van der Waals surface area contributed by atoms with Crippen LogP contribution >= 0.6 is 0 Å². The SMILES string of the molecule is Cc1cc(-c2cncc(C(=O)NC(C)(C)C)c2)nc2c1C(=O)N(C1=CN(CC(F)(F)F)N(C)C1)C2. The van der Waals surface area contributed by atoms with Gasteiger partial charge < -0.3 is 15.2 Å². The van der Waals surface area contributed by atoms with E-state index in [-0.39, 0.29) is 24.9 Å². The number of rotatable bonds is 4. The topological polar surface area (TPSA) is 81.7 Å². The van der Waals surface area contributed by atoms with Crippen LogP contribution in [0.15, 0.2) is 36.4 Å². The van der Waals surface area contributed by atoms with E-state index in [0.29, 0.717) is 39.3 Å². The quantitative estimate of drug-likeness (QED) is 0.710. The molecule has 0 aliphatic carbocycles. The van der Waals surface area contributed by atoms with Gasteiger partial charge in [-0.1, -0.05) is 0 Å². The number of nitrogens with zero attached hydrogens (tertiary/aromatic N) is 5. The summed E-state index contributed by atoms with van der Waals surface area (Å²) in [5.74, 6) is -0.548.